The highest BCUT2D eigenvalue weighted by Crippen LogP contribution is 2.64. The molecule has 0 spiro atoms. The van der Waals surface area contributed by atoms with Crippen LogP contribution in [0.25, 0.3) is 0 Å². The number of nitro groups is 1. The van der Waals surface area contributed by atoms with Crippen molar-refractivity contribution >= 4 is 29.3 Å². The summed E-state index contributed by atoms with van der Waals surface area (Å²) in [6, 6.07) is 18.0. The molecular formula is C25H25N5O3S. The Kier molecular flexibility index (Phi) is 4.98. The molecule has 0 unspecified atom stereocenters. The van der Waals surface area contributed by atoms with Crippen LogP contribution >= 0.6 is 11.8 Å². The van der Waals surface area contributed by atoms with Crippen molar-refractivity contribution in [2.45, 2.75) is 53.9 Å². The fraction of sp³-hybridized carbons (Fsp3) is 0.400. The van der Waals surface area contributed by atoms with E-state index in [1.165, 1.54) is 6.33 Å². The van der Waals surface area contributed by atoms with E-state index in [9.17, 15) is 14.9 Å². The number of nitrogens with zero attached hydrogens (tertiary/aromatic N) is 4. The maximum atomic E-state index is 13.9. The Bertz CT molecular complexity index is 1250. The van der Waals surface area contributed by atoms with Crippen molar-refractivity contribution in [3.63, 3.8) is 0 Å². The molecule has 7 rings (SSSR count). The molecule has 4 aliphatic rings. The predicted molar refractivity (Wildman–Crippen MR) is 127 cm³/mol. The first-order valence-electron chi connectivity index (χ1n) is 11.6. The number of rotatable bonds is 6. The van der Waals surface area contributed by atoms with Gasteiger partial charge in [0, 0.05) is 14.9 Å². The predicted octanol–water partition coefficient (Wildman–Crippen LogP) is 5.27. The molecule has 1 amide bonds. The topological polar surface area (TPSA) is 103 Å². The first-order valence-corrected chi connectivity index (χ1v) is 12.5. The number of benzene rings is 2. The number of hydrogen-bond acceptors (Lipinski definition) is 6. The largest absolute Gasteiger partial charge is 0.490 e. The first kappa shape index (κ1) is 21.3. The molecule has 4 aliphatic carbocycles. The Morgan fingerprint density at radius 1 is 1.06 bits per heavy atom. The minimum atomic E-state index is -0.555. The summed E-state index contributed by atoms with van der Waals surface area (Å²) in [6.45, 7) is 0. The molecule has 9 heteroatoms. The van der Waals surface area contributed by atoms with E-state index in [2.05, 4.69) is 27.5 Å². The first-order chi connectivity index (χ1) is 16.4. The lowest BCUT2D eigenvalue weighted by molar-refractivity contribution is -0.394. The summed E-state index contributed by atoms with van der Waals surface area (Å²) in [5, 5.41) is 18.7. The molecule has 1 N–H and O–H groups in total. The maximum Gasteiger partial charge on any atom is 0.490 e. The van der Waals surface area contributed by atoms with E-state index in [1.54, 1.807) is 16.4 Å². The van der Waals surface area contributed by atoms with Crippen molar-refractivity contribution in [1.29, 1.82) is 0 Å². The van der Waals surface area contributed by atoms with Gasteiger partial charge in [0.05, 0.1) is 16.6 Å². The Hall–Kier alpha value is -3.20. The highest BCUT2D eigenvalue weighted by molar-refractivity contribution is 7.99. The molecule has 0 radical (unpaired) electrons. The Balaban J connectivity index is 1.29. The maximum absolute atomic E-state index is 13.9. The van der Waals surface area contributed by atoms with Crippen LogP contribution in [0.2, 0.25) is 0 Å². The van der Waals surface area contributed by atoms with E-state index in [-0.39, 0.29) is 17.4 Å². The molecule has 1 heterocycles. The normalized spacial score (nSPS) is 29.2. The van der Waals surface area contributed by atoms with Crippen LogP contribution in [-0.2, 0) is 10.3 Å². The Morgan fingerprint density at radius 2 is 1.76 bits per heavy atom. The number of amides is 1. The molecule has 8 nitrogen and oxygen atoms in total. The SMILES string of the molecule is O=C(Nc1ccccc1Sc1ccccc1)C12C[C@H]3C[C@H](C1)CC(n1cnc([N+](=O)[O-])n1)(C3)C2. The van der Waals surface area contributed by atoms with Gasteiger partial charge < -0.3 is 15.4 Å². The summed E-state index contributed by atoms with van der Waals surface area (Å²) in [5.74, 6) is 0.524. The van der Waals surface area contributed by atoms with Crippen molar-refractivity contribution in [3.05, 3.63) is 71.0 Å². The molecule has 0 aliphatic heterocycles. The van der Waals surface area contributed by atoms with Gasteiger partial charge in [0.2, 0.25) is 12.2 Å². The second-order valence-corrected chi connectivity index (χ2v) is 11.2. The summed E-state index contributed by atoms with van der Waals surface area (Å²) in [5.41, 5.74) is -0.0430. The standard InChI is InChI=1S/C25H25N5O3S/c31-22(27-20-8-4-5-9-21(20)34-19-6-2-1-3-7-19)24-11-17-10-18(12-24)14-25(13-17,15-24)29-16-26-23(28-29)30(32)33/h1-9,16-18H,10-15H2,(H,27,31)/t17-,18-,24?,25?/m1/s1. The molecule has 4 saturated carbocycles. The van der Waals surface area contributed by atoms with Gasteiger partial charge in [-0.25, -0.2) is 0 Å². The summed E-state index contributed by atoms with van der Waals surface area (Å²) in [4.78, 5) is 30.5. The Morgan fingerprint density at radius 3 is 2.47 bits per heavy atom. The van der Waals surface area contributed by atoms with E-state index in [0.717, 1.165) is 47.6 Å². The lowest BCUT2D eigenvalue weighted by Crippen LogP contribution is -2.60. The zero-order valence-corrected chi connectivity index (χ0v) is 19.4. The van der Waals surface area contributed by atoms with E-state index in [1.807, 2.05) is 42.5 Å². The molecule has 2 aromatic carbocycles. The second kappa shape index (κ2) is 7.94. The van der Waals surface area contributed by atoms with Gasteiger partial charge in [-0.05, 0) is 79.5 Å². The van der Waals surface area contributed by atoms with E-state index in [4.69, 9.17) is 0 Å². The quantitative estimate of drug-likeness (QED) is 0.385. The molecule has 2 atom stereocenters. The van der Waals surface area contributed by atoms with Crippen molar-refractivity contribution in [1.82, 2.24) is 14.8 Å². The zero-order valence-electron chi connectivity index (χ0n) is 18.6. The molecule has 3 aromatic rings. The summed E-state index contributed by atoms with van der Waals surface area (Å²) in [7, 11) is 0. The van der Waals surface area contributed by atoms with Crippen LogP contribution in [-0.4, -0.2) is 25.6 Å². The number of carbonyl (C=O) groups excluding carboxylic acids is 1. The summed E-state index contributed by atoms with van der Waals surface area (Å²) in [6.07, 6.45) is 6.78. The number of carbonyl (C=O) groups is 1. The van der Waals surface area contributed by atoms with Gasteiger partial charge in [-0.3, -0.25) is 4.79 Å². The molecule has 174 valence electrons. The molecule has 4 fully saturated rings. The van der Waals surface area contributed by atoms with Crippen LogP contribution in [0.3, 0.4) is 0 Å². The fourth-order valence-corrected chi connectivity index (χ4v) is 7.77. The molecule has 1 aromatic heterocycles. The van der Waals surface area contributed by atoms with Crippen LogP contribution in [0.15, 0.2) is 70.7 Å². The number of aromatic nitrogens is 3. The minimum absolute atomic E-state index is 0.0571. The third-order valence-corrected chi connectivity index (χ3v) is 8.83. The van der Waals surface area contributed by atoms with Crippen LogP contribution in [0.1, 0.15) is 38.5 Å². The molecule has 4 bridgehead atoms. The van der Waals surface area contributed by atoms with Crippen LogP contribution in [0.5, 0.6) is 0 Å². The third-order valence-electron chi connectivity index (χ3n) is 7.75. The molecule has 0 saturated heterocycles. The average molecular weight is 476 g/mol. The van der Waals surface area contributed by atoms with E-state index >= 15 is 0 Å². The van der Waals surface area contributed by atoms with Crippen LogP contribution in [0, 0.1) is 27.4 Å². The number of nitrogens with one attached hydrogen (secondary N) is 1. The van der Waals surface area contributed by atoms with Crippen molar-refractivity contribution in [2.75, 3.05) is 5.32 Å². The van der Waals surface area contributed by atoms with Gasteiger partial charge in [-0.1, -0.05) is 47.1 Å². The van der Waals surface area contributed by atoms with Crippen molar-refractivity contribution in [3.8, 4) is 0 Å². The zero-order chi connectivity index (χ0) is 23.3. The smallest absolute Gasteiger partial charge is 0.390 e. The lowest BCUT2D eigenvalue weighted by Gasteiger charge is -2.60. The average Bonchev–Trinajstić information content (AvgIpc) is 3.32. The van der Waals surface area contributed by atoms with Gasteiger partial charge in [0.1, 0.15) is 0 Å². The van der Waals surface area contributed by atoms with Gasteiger partial charge in [-0.15, -0.1) is 0 Å². The van der Waals surface area contributed by atoms with Gasteiger partial charge in [0.15, 0.2) is 0 Å². The summed E-state index contributed by atoms with van der Waals surface area (Å²) >= 11 is 1.63. The van der Waals surface area contributed by atoms with Crippen molar-refractivity contribution in [2.24, 2.45) is 17.3 Å². The van der Waals surface area contributed by atoms with Gasteiger partial charge in [-0.2, -0.15) is 4.68 Å². The van der Waals surface area contributed by atoms with Gasteiger partial charge >= 0.3 is 5.95 Å². The highest BCUT2D eigenvalue weighted by atomic mass is 32.2. The van der Waals surface area contributed by atoms with Crippen LogP contribution < -0.4 is 5.32 Å². The number of hydrogen-bond donors (Lipinski definition) is 1. The lowest BCUT2D eigenvalue weighted by atomic mass is 9.46. The minimum Gasteiger partial charge on any atom is -0.390 e. The summed E-state index contributed by atoms with van der Waals surface area (Å²) < 4.78 is 1.70. The van der Waals surface area contributed by atoms with Crippen molar-refractivity contribution < 1.29 is 9.72 Å². The van der Waals surface area contributed by atoms with Crippen LogP contribution in [0.4, 0.5) is 11.6 Å². The van der Waals surface area contributed by atoms with Gasteiger partial charge in [0.25, 0.3) is 0 Å². The number of para-hydroxylation sites is 1. The fourth-order valence-electron chi connectivity index (χ4n) is 6.84. The highest BCUT2D eigenvalue weighted by Gasteiger charge is 2.62. The third kappa shape index (κ3) is 3.58. The Labute approximate surface area is 201 Å². The monoisotopic (exact) mass is 475 g/mol. The van der Waals surface area contributed by atoms with E-state index < -0.39 is 10.3 Å². The van der Waals surface area contributed by atoms with E-state index in [0.29, 0.717) is 18.3 Å². The second-order valence-electron chi connectivity index (χ2n) is 10.1. The molecular weight excluding hydrogens is 450 g/mol. The number of anilines is 1. The molecule has 34 heavy (non-hydrogen) atoms.